The zero-order valence-electron chi connectivity index (χ0n) is 20.8. The highest BCUT2D eigenvalue weighted by Crippen LogP contribution is 2.30. The molecule has 3 unspecified atom stereocenters. The summed E-state index contributed by atoms with van der Waals surface area (Å²) in [4.78, 5) is 41.0. The van der Waals surface area contributed by atoms with E-state index < -0.39 is 29.6 Å². The molecule has 1 aliphatic rings. The van der Waals surface area contributed by atoms with E-state index in [0.29, 0.717) is 12.0 Å². The van der Waals surface area contributed by atoms with Crippen molar-refractivity contribution in [1.82, 2.24) is 9.55 Å². The molecule has 1 N–H and O–H groups in total. The first-order chi connectivity index (χ1) is 17.5. The molecule has 0 bridgehead atoms. The van der Waals surface area contributed by atoms with E-state index in [4.69, 9.17) is 15.0 Å². The molecule has 194 valence electrons. The van der Waals surface area contributed by atoms with Gasteiger partial charge in [-0.1, -0.05) is 67.6 Å². The number of azide groups is 1. The third kappa shape index (κ3) is 8.39. The summed E-state index contributed by atoms with van der Waals surface area (Å²) >= 11 is 0. The van der Waals surface area contributed by atoms with Crippen LogP contribution in [0.3, 0.4) is 0 Å². The smallest absolute Gasteiger partial charge is 0.330 e. The molecule has 0 amide bonds. The Hall–Kier alpha value is -3.36. The molecule has 10 nitrogen and oxygen atoms in total. The fraction of sp³-hybridized carbons (Fsp3) is 0.577. The number of H-pyrrole nitrogens is 1. The van der Waals surface area contributed by atoms with Crippen LogP contribution >= 0.6 is 0 Å². The molecule has 0 radical (unpaired) electrons. The van der Waals surface area contributed by atoms with Gasteiger partial charge in [-0.25, -0.2) is 4.79 Å². The molecule has 2 aromatic rings. The number of ether oxygens (including phenoxy) is 2. The van der Waals surface area contributed by atoms with Crippen LogP contribution in [0.4, 0.5) is 0 Å². The van der Waals surface area contributed by atoms with E-state index >= 15 is 0 Å². The number of nitrogens with zero attached hydrogens (tertiary/aromatic N) is 4. The number of aromatic amines is 1. The molecule has 3 rings (SSSR count). The van der Waals surface area contributed by atoms with E-state index in [2.05, 4.69) is 39.3 Å². The average Bonchev–Trinajstić information content (AvgIpc) is 3.27. The van der Waals surface area contributed by atoms with Gasteiger partial charge in [-0.05, 0) is 37.3 Å². The van der Waals surface area contributed by atoms with Crippen LogP contribution in [0.15, 0.2) is 51.2 Å². The van der Waals surface area contributed by atoms with Crippen molar-refractivity contribution in [3.05, 3.63) is 78.9 Å². The Labute approximate surface area is 210 Å². The van der Waals surface area contributed by atoms with Gasteiger partial charge in [-0.15, -0.1) is 0 Å². The third-order valence-electron chi connectivity index (χ3n) is 6.46. The third-order valence-corrected chi connectivity index (χ3v) is 6.46. The number of esters is 1. The Morgan fingerprint density at radius 3 is 2.56 bits per heavy atom. The molecule has 3 atom stereocenters. The number of carbonyl (C=O) groups excluding carboxylic acids is 1. The lowest BCUT2D eigenvalue weighted by molar-refractivity contribution is -0.148. The van der Waals surface area contributed by atoms with Gasteiger partial charge in [0.2, 0.25) is 0 Å². The lowest BCUT2D eigenvalue weighted by Gasteiger charge is -2.17. The summed E-state index contributed by atoms with van der Waals surface area (Å²) in [6, 6.07) is 9.94. The second-order valence-corrected chi connectivity index (χ2v) is 9.26. The minimum atomic E-state index is -0.722. The second kappa shape index (κ2) is 14.3. The first-order valence-corrected chi connectivity index (χ1v) is 12.7. The zero-order valence-corrected chi connectivity index (χ0v) is 20.8. The molecule has 1 aromatic carbocycles. The minimum Gasteiger partial charge on any atom is -0.463 e. The van der Waals surface area contributed by atoms with E-state index in [1.54, 1.807) is 6.92 Å². The fourth-order valence-electron chi connectivity index (χ4n) is 4.40. The molecule has 0 saturated carbocycles. The molecule has 10 heteroatoms. The summed E-state index contributed by atoms with van der Waals surface area (Å²) < 4.78 is 12.5. The number of aromatic nitrogens is 2. The Morgan fingerprint density at radius 2 is 1.83 bits per heavy atom. The van der Waals surface area contributed by atoms with Crippen molar-refractivity contribution in [1.29, 1.82) is 0 Å². The highest BCUT2D eigenvalue weighted by atomic mass is 16.6. The van der Waals surface area contributed by atoms with Gasteiger partial charge in [-0.3, -0.25) is 19.1 Å². The summed E-state index contributed by atoms with van der Waals surface area (Å²) in [5, 5.41) is 3.74. The van der Waals surface area contributed by atoms with Crippen LogP contribution in [0.2, 0.25) is 0 Å². The minimum absolute atomic E-state index is 0.0580. The predicted octanol–water partition coefficient (Wildman–Crippen LogP) is 4.72. The monoisotopic (exact) mass is 497 g/mol. The molecule has 1 aromatic heterocycles. The van der Waals surface area contributed by atoms with E-state index in [9.17, 15) is 14.4 Å². The van der Waals surface area contributed by atoms with Gasteiger partial charge in [-0.2, -0.15) is 0 Å². The molecule has 1 aliphatic heterocycles. The van der Waals surface area contributed by atoms with Crippen molar-refractivity contribution in [2.75, 3.05) is 6.61 Å². The number of nitrogens with one attached hydrogen (secondary N) is 1. The first kappa shape index (κ1) is 27.2. The van der Waals surface area contributed by atoms with E-state index in [-0.39, 0.29) is 19.0 Å². The van der Waals surface area contributed by atoms with Gasteiger partial charge in [0.05, 0.1) is 6.04 Å². The Kier molecular flexibility index (Phi) is 10.8. The van der Waals surface area contributed by atoms with Crippen molar-refractivity contribution in [3.63, 3.8) is 0 Å². The average molecular weight is 498 g/mol. The van der Waals surface area contributed by atoms with Crippen LogP contribution in [-0.4, -0.2) is 34.3 Å². The predicted molar refractivity (Wildman–Crippen MR) is 136 cm³/mol. The molecule has 0 spiro atoms. The van der Waals surface area contributed by atoms with Gasteiger partial charge in [0.25, 0.3) is 5.56 Å². The molecule has 0 aliphatic carbocycles. The lowest BCUT2D eigenvalue weighted by Crippen LogP contribution is -2.33. The summed E-state index contributed by atoms with van der Waals surface area (Å²) in [5.41, 5.74) is 9.56. The maximum absolute atomic E-state index is 12.2. The van der Waals surface area contributed by atoms with Gasteiger partial charge >= 0.3 is 11.7 Å². The Bertz CT molecular complexity index is 1140. The molecular formula is C26H35N5O5. The molecular weight excluding hydrogens is 462 g/mol. The van der Waals surface area contributed by atoms with Crippen molar-refractivity contribution >= 4 is 5.97 Å². The number of rotatable bonds is 14. The zero-order chi connectivity index (χ0) is 25.8. The van der Waals surface area contributed by atoms with Crippen molar-refractivity contribution < 1.29 is 14.3 Å². The largest absolute Gasteiger partial charge is 0.463 e. The van der Waals surface area contributed by atoms with Crippen molar-refractivity contribution in [2.24, 2.45) is 5.11 Å². The molecule has 36 heavy (non-hydrogen) atoms. The maximum Gasteiger partial charge on any atom is 0.330 e. The van der Waals surface area contributed by atoms with Crippen LogP contribution in [0, 0.1) is 6.92 Å². The first-order valence-electron chi connectivity index (χ1n) is 12.7. The highest BCUT2D eigenvalue weighted by molar-refractivity contribution is 5.69. The van der Waals surface area contributed by atoms with Crippen molar-refractivity contribution in [3.8, 4) is 0 Å². The maximum atomic E-state index is 12.2. The SMILES string of the molecule is Cc1cn(C2CC(N=[N+]=[N-])C(COC(=O)CCCCCCCCCc3ccccc3)O2)c(=O)[nH]c1=O. The quantitative estimate of drug-likeness (QED) is 0.132. The van der Waals surface area contributed by atoms with Crippen LogP contribution in [0.25, 0.3) is 10.4 Å². The number of benzene rings is 1. The van der Waals surface area contributed by atoms with E-state index in [1.165, 1.54) is 42.0 Å². The Morgan fingerprint density at radius 1 is 1.14 bits per heavy atom. The van der Waals surface area contributed by atoms with E-state index in [0.717, 1.165) is 25.7 Å². The lowest BCUT2D eigenvalue weighted by atomic mass is 10.0. The van der Waals surface area contributed by atoms with Gasteiger partial charge in [0.15, 0.2) is 0 Å². The summed E-state index contributed by atoms with van der Waals surface area (Å²) in [7, 11) is 0. The molecule has 1 saturated heterocycles. The number of carbonyl (C=O) groups is 1. The topological polar surface area (TPSA) is 139 Å². The standard InChI is InChI=1S/C26H35N5O5/c1-19-17-31(26(34)28-25(19)33)23-16-21(29-30-27)22(36-23)18-35-24(32)15-11-6-4-2-3-5-8-12-20-13-9-7-10-14-20/h7,9-10,13-14,17,21-23H,2-6,8,11-12,15-16,18H2,1H3,(H,28,33,34). The highest BCUT2D eigenvalue weighted by Gasteiger charge is 2.37. The van der Waals surface area contributed by atoms with Crippen LogP contribution in [-0.2, 0) is 20.7 Å². The number of hydrogen-bond donors (Lipinski definition) is 1. The second-order valence-electron chi connectivity index (χ2n) is 9.26. The van der Waals surface area contributed by atoms with Gasteiger partial charge in [0, 0.05) is 29.5 Å². The van der Waals surface area contributed by atoms with Crippen LogP contribution in [0.5, 0.6) is 0 Å². The number of hydrogen-bond acceptors (Lipinski definition) is 6. The molecule has 2 heterocycles. The van der Waals surface area contributed by atoms with Crippen molar-refractivity contribution in [2.45, 2.75) is 89.5 Å². The Balaban J connectivity index is 1.31. The fourth-order valence-corrected chi connectivity index (χ4v) is 4.40. The van der Waals surface area contributed by atoms with Crippen LogP contribution < -0.4 is 11.2 Å². The van der Waals surface area contributed by atoms with Crippen LogP contribution in [0.1, 0.15) is 75.1 Å². The number of unbranched alkanes of at least 4 members (excludes halogenated alkanes) is 6. The summed E-state index contributed by atoms with van der Waals surface area (Å²) in [6.07, 6.45) is 9.35. The van der Waals surface area contributed by atoms with Gasteiger partial charge < -0.3 is 9.47 Å². The summed E-state index contributed by atoms with van der Waals surface area (Å²) in [6.45, 7) is 1.53. The number of aryl methyl sites for hydroxylation is 2. The molecule has 1 fully saturated rings. The van der Waals surface area contributed by atoms with E-state index in [1.807, 2.05) is 6.07 Å². The summed E-state index contributed by atoms with van der Waals surface area (Å²) in [5.74, 6) is -0.318. The normalized spacial score (nSPS) is 19.1. The van der Waals surface area contributed by atoms with Gasteiger partial charge in [0.1, 0.15) is 18.9 Å².